The number of carbonyl (C=O) groups is 2. The molecule has 7 heteroatoms. The highest BCUT2D eigenvalue weighted by molar-refractivity contribution is 5.98. The van der Waals surface area contributed by atoms with Crippen LogP contribution in [0.15, 0.2) is 48.8 Å². The van der Waals surface area contributed by atoms with Crippen LogP contribution in [0.3, 0.4) is 0 Å². The third kappa shape index (κ3) is 4.68. The SMILES string of the molecule is CCOC(=O)CCN(Cc1cccnc1)C(=O)c1cc2ccc(OC)cc2[nH]1. The summed E-state index contributed by atoms with van der Waals surface area (Å²) in [4.78, 5) is 33.8. The first-order valence-electron chi connectivity index (χ1n) is 9.11. The lowest BCUT2D eigenvalue weighted by atomic mass is 10.2. The number of nitrogens with zero attached hydrogens (tertiary/aromatic N) is 2. The highest BCUT2D eigenvalue weighted by Crippen LogP contribution is 2.22. The minimum Gasteiger partial charge on any atom is -0.497 e. The van der Waals surface area contributed by atoms with Crippen LogP contribution in [0.25, 0.3) is 10.9 Å². The molecule has 1 aromatic carbocycles. The van der Waals surface area contributed by atoms with Crippen molar-refractivity contribution in [1.82, 2.24) is 14.9 Å². The van der Waals surface area contributed by atoms with Crippen LogP contribution in [0.2, 0.25) is 0 Å². The van der Waals surface area contributed by atoms with Gasteiger partial charge < -0.3 is 19.4 Å². The predicted molar refractivity (Wildman–Crippen MR) is 105 cm³/mol. The zero-order chi connectivity index (χ0) is 19.9. The van der Waals surface area contributed by atoms with Crippen molar-refractivity contribution in [3.05, 3.63) is 60.0 Å². The molecule has 28 heavy (non-hydrogen) atoms. The van der Waals surface area contributed by atoms with E-state index in [4.69, 9.17) is 9.47 Å². The lowest BCUT2D eigenvalue weighted by Gasteiger charge is -2.21. The van der Waals surface area contributed by atoms with Gasteiger partial charge >= 0.3 is 5.97 Å². The number of amides is 1. The summed E-state index contributed by atoms with van der Waals surface area (Å²) in [6.07, 6.45) is 3.52. The third-order valence-electron chi connectivity index (χ3n) is 4.33. The number of hydrogen-bond donors (Lipinski definition) is 1. The third-order valence-corrected chi connectivity index (χ3v) is 4.33. The topological polar surface area (TPSA) is 84.5 Å². The number of aromatic amines is 1. The van der Waals surface area contributed by atoms with Gasteiger partial charge in [-0.15, -0.1) is 0 Å². The number of H-pyrrole nitrogens is 1. The molecule has 0 fully saturated rings. The second kappa shape index (κ2) is 9.03. The molecule has 0 saturated heterocycles. The smallest absolute Gasteiger partial charge is 0.307 e. The first kappa shape index (κ1) is 19.4. The zero-order valence-corrected chi connectivity index (χ0v) is 16.0. The Balaban J connectivity index is 1.83. The minimum atomic E-state index is -0.326. The molecule has 3 aromatic rings. The van der Waals surface area contributed by atoms with Gasteiger partial charge in [0.2, 0.25) is 0 Å². The summed E-state index contributed by atoms with van der Waals surface area (Å²) in [5.74, 6) is 0.194. The molecule has 3 rings (SSSR count). The van der Waals surface area contributed by atoms with E-state index in [-0.39, 0.29) is 24.8 Å². The van der Waals surface area contributed by atoms with Gasteiger partial charge in [0.25, 0.3) is 5.91 Å². The second-order valence-corrected chi connectivity index (χ2v) is 6.28. The Morgan fingerprint density at radius 2 is 2.07 bits per heavy atom. The molecule has 0 spiro atoms. The van der Waals surface area contributed by atoms with Gasteiger partial charge in [0.15, 0.2) is 0 Å². The molecule has 7 nitrogen and oxygen atoms in total. The number of ether oxygens (including phenoxy) is 2. The van der Waals surface area contributed by atoms with E-state index in [0.717, 1.165) is 16.5 Å². The molecule has 0 atom stereocenters. The number of nitrogens with one attached hydrogen (secondary N) is 1. The van der Waals surface area contributed by atoms with Gasteiger partial charge in [-0.2, -0.15) is 0 Å². The summed E-state index contributed by atoms with van der Waals surface area (Å²) in [5.41, 5.74) is 2.16. The summed E-state index contributed by atoms with van der Waals surface area (Å²) in [6.45, 7) is 2.68. The van der Waals surface area contributed by atoms with Crippen molar-refractivity contribution in [2.24, 2.45) is 0 Å². The average molecular weight is 381 g/mol. The van der Waals surface area contributed by atoms with Crippen LogP contribution in [-0.2, 0) is 16.1 Å². The van der Waals surface area contributed by atoms with Crippen LogP contribution in [0, 0.1) is 0 Å². The van der Waals surface area contributed by atoms with Crippen LogP contribution in [-0.4, -0.2) is 47.0 Å². The Morgan fingerprint density at radius 1 is 1.21 bits per heavy atom. The molecular formula is C21H23N3O4. The highest BCUT2D eigenvalue weighted by atomic mass is 16.5. The van der Waals surface area contributed by atoms with E-state index < -0.39 is 0 Å². The number of benzene rings is 1. The molecule has 1 N–H and O–H groups in total. The first-order valence-corrected chi connectivity index (χ1v) is 9.11. The molecule has 0 aliphatic carbocycles. The molecule has 2 heterocycles. The maximum absolute atomic E-state index is 13.1. The molecular weight excluding hydrogens is 358 g/mol. The standard InChI is InChI=1S/C21H23N3O4/c1-3-28-20(25)8-10-24(14-15-5-4-9-22-13-15)21(26)19-11-16-6-7-17(27-2)12-18(16)23-19/h4-7,9,11-13,23H,3,8,10,14H2,1-2H3. The molecule has 0 bridgehead atoms. The maximum Gasteiger partial charge on any atom is 0.307 e. The molecule has 1 amide bonds. The van der Waals surface area contributed by atoms with E-state index in [0.29, 0.717) is 24.6 Å². The second-order valence-electron chi connectivity index (χ2n) is 6.28. The first-order chi connectivity index (χ1) is 13.6. The van der Waals surface area contributed by atoms with Crippen molar-refractivity contribution in [2.45, 2.75) is 19.9 Å². The average Bonchev–Trinajstić information content (AvgIpc) is 3.14. The highest BCUT2D eigenvalue weighted by Gasteiger charge is 2.20. The van der Waals surface area contributed by atoms with Gasteiger partial charge in [-0.3, -0.25) is 14.6 Å². The van der Waals surface area contributed by atoms with Gasteiger partial charge in [-0.1, -0.05) is 6.07 Å². The number of pyridine rings is 1. The fraction of sp³-hybridized carbons (Fsp3) is 0.286. The van der Waals surface area contributed by atoms with E-state index in [1.54, 1.807) is 37.4 Å². The number of methoxy groups -OCH3 is 1. The van der Waals surface area contributed by atoms with Crippen molar-refractivity contribution in [1.29, 1.82) is 0 Å². The summed E-state index contributed by atoms with van der Waals surface area (Å²) >= 11 is 0. The Bertz CT molecular complexity index is 953. The number of hydrogen-bond acceptors (Lipinski definition) is 5. The van der Waals surface area contributed by atoms with Crippen molar-refractivity contribution < 1.29 is 19.1 Å². The van der Waals surface area contributed by atoms with Gasteiger partial charge in [0, 0.05) is 42.5 Å². The number of esters is 1. The largest absolute Gasteiger partial charge is 0.497 e. The van der Waals surface area contributed by atoms with Crippen LogP contribution in [0.1, 0.15) is 29.4 Å². The van der Waals surface area contributed by atoms with E-state index in [1.165, 1.54) is 0 Å². The Morgan fingerprint density at radius 3 is 2.79 bits per heavy atom. The van der Waals surface area contributed by atoms with Crippen molar-refractivity contribution in [2.75, 3.05) is 20.3 Å². The Labute approximate surface area is 163 Å². The minimum absolute atomic E-state index is 0.133. The van der Waals surface area contributed by atoms with Crippen LogP contribution < -0.4 is 4.74 Å². The molecule has 0 aliphatic heterocycles. The molecule has 0 aliphatic rings. The molecule has 2 aromatic heterocycles. The maximum atomic E-state index is 13.1. The van der Waals surface area contributed by atoms with E-state index in [9.17, 15) is 9.59 Å². The summed E-state index contributed by atoms with van der Waals surface area (Å²) in [7, 11) is 1.60. The van der Waals surface area contributed by atoms with Crippen LogP contribution in [0.5, 0.6) is 5.75 Å². The normalized spacial score (nSPS) is 10.6. The monoisotopic (exact) mass is 381 g/mol. The van der Waals surface area contributed by atoms with Crippen LogP contribution in [0.4, 0.5) is 0 Å². The number of aromatic nitrogens is 2. The van der Waals surface area contributed by atoms with Gasteiger partial charge in [0.05, 0.1) is 20.1 Å². The predicted octanol–water partition coefficient (Wildman–Crippen LogP) is 3.17. The fourth-order valence-corrected chi connectivity index (χ4v) is 2.94. The summed E-state index contributed by atoms with van der Waals surface area (Å²) in [6, 6.07) is 11.1. The van der Waals surface area contributed by atoms with E-state index in [1.807, 2.05) is 30.3 Å². The summed E-state index contributed by atoms with van der Waals surface area (Å²) in [5, 5.41) is 0.913. The van der Waals surface area contributed by atoms with E-state index >= 15 is 0 Å². The van der Waals surface area contributed by atoms with Crippen LogP contribution >= 0.6 is 0 Å². The Hall–Kier alpha value is -3.35. The fourth-order valence-electron chi connectivity index (χ4n) is 2.94. The lowest BCUT2D eigenvalue weighted by molar-refractivity contribution is -0.143. The van der Waals surface area contributed by atoms with E-state index in [2.05, 4.69) is 9.97 Å². The molecule has 0 saturated carbocycles. The number of fused-ring (bicyclic) bond motifs is 1. The van der Waals surface area contributed by atoms with Crippen molar-refractivity contribution in [3.8, 4) is 5.75 Å². The number of rotatable bonds is 8. The molecule has 146 valence electrons. The van der Waals surface area contributed by atoms with Gasteiger partial charge in [0.1, 0.15) is 11.4 Å². The van der Waals surface area contributed by atoms with Crippen molar-refractivity contribution in [3.63, 3.8) is 0 Å². The lowest BCUT2D eigenvalue weighted by Crippen LogP contribution is -2.33. The summed E-state index contributed by atoms with van der Waals surface area (Å²) < 4.78 is 10.2. The van der Waals surface area contributed by atoms with Gasteiger partial charge in [-0.05, 0) is 36.8 Å². The quantitative estimate of drug-likeness (QED) is 0.606. The molecule has 0 unspecified atom stereocenters. The Kier molecular flexibility index (Phi) is 6.26. The molecule has 0 radical (unpaired) electrons. The number of carbonyl (C=O) groups excluding carboxylic acids is 2. The zero-order valence-electron chi connectivity index (χ0n) is 16.0. The van der Waals surface area contributed by atoms with Gasteiger partial charge in [-0.25, -0.2) is 0 Å². The van der Waals surface area contributed by atoms with Crippen molar-refractivity contribution >= 4 is 22.8 Å².